The fraction of sp³-hybridized carbons (Fsp3) is 0.545. The molecule has 0 amide bonds. The number of piperidine rings is 1. The number of nitrogens with one attached hydrogen (secondary N) is 1. The molecule has 3 rings (SSSR count). The Labute approximate surface area is 174 Å². The fourth-order valence-electron chi connectivity index (χ4n) is 4.13. The number of aliphatic imine (C=N–C) groups is 1. The number of benzene rings is 1. The van der Waals surface area contributed by atoms with E-state index in [0.29, 0.717) is 12.0 Å². The second-order valence-corrected chi connectivity index (χ2v) is 7.94. The van der Waals surface area contributed by atoms with Crippen LogP contribution in [0, 0.1) is 5.92 Å². The van der Waals surface area contributed by atoms with E-state index in [0.717, 1.165) is 37.8 Å². The molecule has 1 N–H and O–H groups in total. The minimum atomic E-state index is 0.177. The van der Waals surface area contributed by atoms with E-state index in [1.54, 1.807) is 7.11 Å². The maximum Gasteiger partial charge on any atom is 0.193 e. The standard InChI is InChI=1S/C22H34N6O/c1-17-10-12-27(15-20(17)28-13-11-24-16-28)22(23-2)25-14-19(26(3)4)18-8-6-7-9-21(18)29-5/h6-9,11,13,16-17,19-20H,10,12,14-15H2,1-5H3,(H,23,25). The van der Waals surface area contributed by atoms with E-state index in [2.05, 4.69) is 69.0 Å². The molecule has 0 spiro atoms. The number of likely N-dealkylation sites (N-methyl/N-ethyl adjacent to an activating group) is 1. The number of hydrogen-bond donors (Lipinski definition) is 1. The van der Waals surface area contributed by atoms with Gasteiger partial charge in [-0.3, -0.25) is 4.99 Å². The fourth-order valence-corrected chi connectivity index (χ4v) is 4.13. The lowest BCUT2D eigenvalue weighted by atomic mass is 9.93. The lowest BCUT2D eigenvalue weighted by molar-refractivity contribution is 0.187. The summed E-state index contributed by atoms with van der Waals surface area (Å²) >= 11 is 0. The Hall–Kier alpha value is -2.54. The highest BCUT2D eigenvalue weighted by atomic mass is 16.5. The van der Waals surface area contributed by atoms with Crippen molar-refractivity contribution in [3.05, 3.63) is 48.5 Å². The first kappa shape index (κ1) is 21.2. The zero-order valence-corrected chi connectivity index (χ0v) is 18.2. The van der Waals surface area contributed by atoms with Gasteiger partial charge in [0.25, 0.3) is 0 Å². The molecule has 7 heteroatoms. The van der Waals surface area contributed by atoms with Crippen LogP contribution in [0.15, 0.2) is 48.0 Å². The number of aromatic nitrogens is 2. The summed E-state index contributed by atoms with van der Waals surface area (Å²) in [6.45, 7) is 5.01. The van der Waals surface area contributed by atoms with Gasteiger partial charge in [-0.1, -0.05) is 25.1 Å². The van der Waals surface area contributed by atoms with Crippen LogP contribution in [-0.4, -0.2) is 73.2 Å². The summed E-state index contributed by atoms with van der Waals surface area (Å²) in [5.74, 6) is 2.47. The molecule has 1 aromatic heterocycles. The maximum atomic E-state index is 5.59. The van der Waals surface area contributed by atoms with Crippen LogP contribution in [0.5, 0.6) is 5.75 Å². The van der Waals surface area contributed by atoms with E-state index in [1.807, 2.05) is 31.7 Å². The van der Waals surface area contributed by atoms with E-state index in [4.69, 9.17) is 4.74 Å². The minimum absolute atomic E-state index is 0.177. The highest BCUT2D eigenvalue weighted by Crippen LogP contribution is 2.29. The SMILES string of the molecule is CN=C(NCC(c1ccccc1OC)N(C)C)N1CCC(C)C(n2ccnc2)C1. The summed E-state index contributed by atoms with van der Waals surface area (Å²) in [5, 5.41) is 3.60. The van der Waals surface area contributed by atoms with Crippen LogP contribution >= 0.6 is 0 Å². The van der Waals surface area contributed by atoms with Crippen LogP contribution in [0.2, 0.25) is 0 Å². The van der Waals surface area contributed by atoms with Gasteiger partial charge >= 0.3 is 0 Å². The number of guanidine groups is 1. The Morgan fingerprint density at radius 3 is 2.83 bits per heavy atom. The third-order valence-electron chi connectivity index (χ3n) is 5.91. The molecule has 0 radical (unpaired) electrons. The lowest BCUT2D eigenvalue weighted by Crippen LogP contribution is -2.50. The molecule has 2 heterocycles. The summed E-state index contributed by atoms with van der Waals surface area (Å²) < 4.78 is 7.81. The predicted molar refractivity (Wildman–Crippen MR) is 117 cm³/mol. The van der Waals surface area contributed by atoms with Gasteiger partial charge in [-0.25, -0.2) is 4.98 Å². The smallest absolute Gasteiger partial charge is 0.193 e. The molecule has 2 aromatic rings. The number of hydrogen-bond acceptors (Lipinski definition) is 4. The number of para-hydroxylation sites is 1. The van der Waals surface area contributed by atoms with Gasteiger partial charge in [-0.2, -0.15) is 0 Å². The summed E-state index contributed by atoms with van der Waals surface area (Å²) in [6.07, 6.45) is 6.97. The van der Waals surface area contributed by atoms with Crippen LogP contribution < -0.4 is 10.1 Å². The molecule has 7 nitrogen and oxygen atoms in total. The Balaban J connectivity index is 1.70. The van der Waals surface area contributed by atoms with Crippen molar-refractivity contribution in [2.75, 3.05) is 47.9 Å². The van der Waals surface area contributed by atoms with Gasteiger partial charge in [0, 0.05) is 44.6 Å². The second-order valence-electron chi connectivity index (χ2n) is 7.94. The minimum Gasteiger partial charge on any atom is -0.496 e. The van der Waals surface area contributed by atoms with Crippen molar-refractivity contribution < 1.29 is 4.74 Å². The molecule has 0 bridgehead atoms. The van der Waals surface area contributed by atoms with Crippen LogP contribution in [0.3, 0.4) is 0 Å². The summed E-state index contributed by atoms with van der Waals surface area (Å²) in [5.41, 5.74) is 1.17. The first-order valence-corrected chi connectivity index (χ1v) is 10.3. The summed E-state index contributed by atoms with van der Waals surface area (Å²) in [6, 6.07) is 8.80. The highest BCUT2D eigenvalue weighted by Gasteiger charge is 2.29. The Kier molecular flexibility index (Phi) is 7.14. The number of ether oxygens (including phenoxy) is 1. The number of rotatable bonds is 6. The topological polar surface area (TPSA) is 57.9 Å². The quantitative estimate of drug-likeness (QED) is 0.599. The number of likely N-dealkylation sites (tertiary alicyclic amines) is 1. The zero-order chi connectivity index (χ0) is 20.8. The number of nitrogens with zero attached hydrogens (tertiary/aromatic N) is 5. The molecule has 158 valence electrons. The van der Waals surface area contributed by atoms with Crippen LogP contribution in [0.4, 0.5) is 0 Å². The molecule has 1 aliphatic rings. The molecular formula is C22H34N6O. The average molecular weight is 399 g/mol. The molecule has 3 atom stereocenters. The molecule has 1 saturated heterocycles. The van der Waals surface area contributed by atoms with Crippen molar-refractivity contribution in [2.24, 2.45) is 10.9 Å². The number of methoxy groups -OCH3 is 1. The molecule has 29 heavy (non-hydrogen) atoms. The number of imidazole rings is 1. The second kappa shape index (κ2) is 9.78. The average Bonchev–Trinajstić information content (AvgIpc) is 3.26. The van der Waals surface area contributed by atoms with Gasteiger partial charge in [0.05, 0.1) is 25.5 Å². The molecule has 1 fully saturated rings. The molecule has 0 aliphatic carbocycles. The third-order valence-corrected chi connectivity index (χ3v) is 5.91. The van der Waals surface area contributed by atoms with Crippen LogP contribution in [-0.2, 0) is 0 Å². The van der Waals surface area contributed by atoms with Gasteiger partial charge in [0.1, 0.15) is 5.75 Å². The van der Waals surface area contributed by atoms with Crippen molar-refractivity contribution in [2.45, 2.75) is 25.4 Å². The van der Waals surface area contributed by atoms with E-state index < -0.39 is 0 Å². The van der Waals surface area contributed by atoms with E-state index >= 15 is 0 Å². The monoisotopic (exact) mass is 398 g/mol. The van der Waals surface area contributed by atoms with E-state index in [-0.39, 0.29) is 6.04 Å². The molecule has 1 aliphatic heterocycles. The Morgan fingerprint density at radius 1 is 1.38 bits per heavy atom. The van der Waals surface area contributed by atoms with Crippen molar-refractivity contribution in [1.29, 1.82) is 0 Å². The first-order chi connectivity index (χ1) is 14.0. The molecule has 0 saturated carbocycles. The molecule has 3 unspecified atom stereocenters. The van der Waals surface area contributed by atoms with Gasteiger partial charge in [-0.15, -0.1) is 0 Å². The van der Waals surface area contributed by atoms with Crippen LogP contribution in [0.25, 0.3) is 0 Å². The Bertz CT molecular complexity index is 788. The maximum absolute atomic E-state index is 5.59. The van der Waals surface area contributed by atoms with Crippen molar-refractivity contribution in [3.8, 4) is 5.75 Å². The highest BCUT2D eigenvalue weighted by molar-refractivity contribution is 5.80. The van der Waals surface area contributed by atoms with Crippen molar-refractivity contribution >= 4 is 5.96 Å². The Morgan fingerprint density at radius 2 is 2.17 bits per heavy atom. The summed E-state index contributed by atoms with van der Waals surface area (Å²) in [7, 11) is 7.78. The van der Waals surface area contributed by atoms with E-state index in [9.17, 15) is 0 Å². The largest absolute Gasteiger partial charge is 0.496 e. The van der Waals surface area contributed by atoms with Gasteiger partial charge in [0.2, 0.25) is 0 Å². The first-order valence-electron chi connectivity index (χ1n) is 10.3. The lowest BCUT2D eigenvalue weighted by Gasteiger charge is -2.39. The molecule has 1 aromatic carbocycles. The van der Waals surface area contributed by atoms with Gasteiger partial charge < -0.3 is 24.4 Å². The van der Waals surface area contributed by atoms with Gasteiger partial charge in [-0.05, 0) is 32.5 Å². The predicted octanol–water partition coefficient (Wildman–Crippen LogP) is 2.65. The van der Waals surface area contributed by atoms with Crippen molar-refractivity contribution in [3.63, 3.8) is 0 Å². The third kappa shape index (κ3) is 4.90. The zero-order valence-electron chi connectivity index (χ0n) is 18.2. The van der Waals surface area contributed by atoms with E-state index in [1.165, 1.54) is 5.56 Å². The molecular weight excluding hydrogens is 364 g/mol. The summed E-state index contributed by atoms with van der Waals surface area (Å²) in [4.78, 5) is 13.4. The van der Waals surface area contributed by atoms with Crippen molar-refractivity contribution in [1.82, 2.24) is 24.7 Å². The van der Waals surface area contributed by atoms with Gasteiger partial charge in [0.15, 0.2) is 5.96 Å². The van der Waals surface area contributed by atoms with Crippen LogP contribution in [0.1, 0.15) is 31.0 Å². The normalized spacial score (nSPS) is 21.3.